The van der Waals surface area contributed by atoms with E-state index in [0.717, 1.165) is 44.4 Å². The summed E-state index contributed by atoms with van der Waals surface area (Å²) in [6.45, 7) is 2.14. The lowest BCUT2D eigenvalue weighted by molar-refractivity contribution is 1.44. The number of hydrogen-bond donors (Lipinski definition) is 0. The van der Waals surface area contributed by atoms with Crippen molar-refractivity contribution in [1.29, 1.82) is 0 Å². The molecule has 10 rings (SSSR count). The summed E-state index contributed by atoms with van der Waals surface area (Å²) in [5.74, 6) is 0. The molecular weight excluding hydrogens is 769 g/mol. The summed E-state index contributed by atoms with van der Waals surface area (Å²) in [6, 6.07) is 84.8. The number of nitrogens with zero attached hydrogens (tertiary/aromatic N) is 2. The lowest BCUT2D eigenvalue weighted by atomic mass is 9.85. The van der Waals surface area contributed by atoms with Gasteiger partial charge in [-0.25, -0.2) is 0 Å². The SMILES string of the molecule is Cc1ccc(C(=C(c2ccccc2)c2ccc(-c3ccc(-c4ccc(C(=C(c5ccccc5)c5ccccc5)c5ccccc5)cc4)c4nsnc34)cc2)c2ccccc2)cc1. The van der Waals surface area contributed by atoms with Gasteiger partial charge >= 0.3 is 0 Å². The van der Waals surface area contributed by atoms with Crippen LogP contribution in [0.5, 0.6) is 0 Å². The molecule has 1 heterocycles. The molecule has 0 fully saturated rings. The monoisotopic (exact) mass is 810 g/mol. The summed E-state index contributed by atoms with van der Waals surface area (Å²) in [7, 11) is 0. The predicted molar refractivity (Wildman–Crippen MR) is 262 cm³/mol. The van der Waals surface area contributed by atoms with Gasteiger partial charge in [-0.15, -0.1) is 0 Å². The fourth-order valence-electron chi connectivity index (χ4n) is 8.53. The summed E-state index contributed by atoms with van der Waals surface area (Å²) in [5.41, 5.74) is 21.5. The first kappa shape index (κ1) is 38.5. The van der Waals surface area contributed by atoms with E-state index in [1.165, 1.54) is 73.0 Å². The fourth-order valence-corrected chi connectivity index (χ4v) is 9.10. The van der Waals surface area contributed by atoms with E-state index in [1.807, 2.05) is 0 Å². The van der Waals surface area contributed by atoms with Crippen LogP contribution in [0.25, 0.3) is 55.6 Å². The van der Waals surface area contributed by atoms with E-state index >= 15 is 0 Å². The third-order valence-electron chi connectivity index (χ3n) is 11.5. The molecule has 0 unspecified atom stereocenters. The molecule has 0 saturated carbocycles. The molecular formula is C59H42N2S. The molecule has 294 valence electrons. The summed E-state index contributed by atoms with van der Waals surface area (Å²) >= 11 is 1.27. The third kappa shape index (κ3) is 7.74. The molecule has 0 atom stereocenters. The zero-order chi connectivity index (χ0) is 41.7. The molecule has 1 aromatic heterocycles. The molecule has 9 aromatic carbocycles. The Morgan fingerprint density at radius 1 is 0.274 bits per heavy atom. The van der Waals surface area contributed by atoms with Gasteiger partial charge in [0.05, 0.1) is 11.7 Å². The Bertz CT molecular complexity index is 3110. The van der Waals surface area contributed by atoms with Crippen LogP contribution < -0.4 is 0 Å². The Morgan fingerprint density at radius 3 is 0.790 bits per heavy atom. The Labute approximate surface area is 367 Å². The van der Waals surface area contributed by atoms with Crippen LogP contribution in [0.4, 0.5) is 0 Å². The summed E-state index contributed by atoms with van der Waals surface area (Å²) in [4.78, 5) is 0. The van der Waals surface area contributed by atoms with Crippen LogP contribution in [0, 0.1) is 6.92 Å². The van der Waals surface area contributed by atoms with Crippen LogP contribution in [0.15, 0.2) is 237 Å². The molecule has 3 heteroatoms. The summed E-state index contributed by atoms with van der Waals surface area (Å²) in [6.07, 6.45) is 0. The van der Waals surface area contributed by atoms with Crippen molar-refractivity contribution < 1.29 is 0 Å². The van der Waals surface area contributed by atoms with Gasteiger partial charge in [-0.1, -0.05) is 242 Å². The summed E-state index contributed by atoms with van der Waals surface area (Å²) in [5, 5.41) is 0. The highest BCUT2D eigenvalue weighted by Crippen LogP contribution is 2.41. The van der Waals surface area contributed by atoms with Crippen molar-refractivity contribution in [1.82, 2.24) is 8.75 Å². The number of benzene rings is 9. The highest BCUT2D eigenvalue weighted by Gasteiger charge is 2.20. The first-order valence-corrected chi connectivity index (χ1v) is 21.7. The van der Waals surface area contributed by atoms with Gasteiger partial charge in [0.15, 0.2) is 0 Å². The zero-order valence-electron chi connectivity index (χ0n) is 34.3. The highest BCUT2D eigenvalue weighted by molar-refractivity contribution is 7.00. The smallest absolute Gasteiger partial charge is 0.113 e. The minimum absolute atomic E-state index is 0.910. The molecule has 0 aliphatic carbocycles. The van der Waals surface area contributed by atoms with Crippen molar-refractivity contribution in [3.05, 3.63) is 287 Å². The van der Waals surface area contributed by atoms with Gasteiger partial charge in [-0.2, -0.15) is 8.75 Å². The number of aromatic nitrogens is 2. The molecule has 0 spiro atoms. The predicted octanol–water partition coefficient (Wildman–Crippen LogP) is 15.3. The quantitative estimate of drug-likeness (QED) is 0.129. The van der Waals surface area contributed by atoms with Crippen molar-refractivity contribution in [2.75, 3.05) is 0 Å². The van der Waals surface area contributed by atoms with Crippen LogP contribution in [0.1, 0.15) is 50.1 Å². The molecule has 10 aromatic rings. The largest absolute Gasteiger partial charge is 0.172 e. The second-order valence-corrected chi connectivity index (χ2v) is 16.0. The Morgan fingerprint density at radius 2 is 0.516 bits per heavy atom. The Kier molecular flexibility index (Phi) is 10.8. The van der Waals surface area contributed by atoms with E-state index in [2.05, 4.69) is 244 Å². The molecule has 0 saturated heterocycles. The first-order chi connectivity index (χ1) is 30.7. The van der Waals surface area contributed by atoms with E-state index in [-0.39, 0.29) is 0 Å². The molecule has 0 radical (unpaired) electrons. The molecule has 0 N–H and O–H groups in total. The van der Waals surface area contributed by atoms with Crippen molar-refractivity contribution in [2.24, 2.45) is 0 Å². The molecule has 0 aliphatic rings. The van der Waals surface area contributed by atoms with Crippen molar-refractivity contribution >= 4 is 45.1 Å². The molecule has 62 heavy (non-hydrogen) atoms. The van der Waals surface area contributed by atoms with Crippen LogP contribution >= 0.6 is 11.7 Å². The van der Waals surface area contributed by atoms with Gasteiger partial charge < -0.3 is 0 Å². The molecule has 0 bridgehead atoms. The van der Waals surface area contributed by atoms with Gasteiger partial charge in [0.1, 0.15) is 11.0 Å². The maximum Gasteiger partial charge on any atom is 0.113 e. The second kappa shape index (κ2) is 17.5. The number of hydrogen-bond acceptors (Lipinski definition) is 3. The number of aryl methyl sites for hydroxylation is 1. The van der Waals surface area contributed by atoms with Gasteiger partial charge in [0.25, 0.3) is 0 Å². The minimum atomic E-state index is 0.910. The van der Waals surface area contributed by atoms with Gasteiger partial charge in [-0.3, -0.25) is 0 Å². The maximum absolute atomic E-state index is 4.89. The standard InChI is InChI=1S/C59H42N2S/c1-41-27-29-49(30-28-41)55(46-21-11-4-12-22-46)57(48-25-15-6-16-26-48)51-37-33-43(34-38-51)53-40-39-52(58-59(53)61-62-60-58)42-31-35-50(36-32-42)56(47-23-13-5-14-24-47)54(44-17-7-2-8-18-44)45-19-9-3-10-20-45/h2-40H,1H3. The zero-order valence-corrected chi connectivity index (χ0v) is 35.1. The molecule has 2 nitrogen and oxygen atoms in total. The van der Waals surface area contributed by atoms with E-state index in [0.29, 0.717) is 0 Å². The van der Waals surface area contributed by atoms with Crippen LogP contribution in [0.3, 0.4) is 0 Å². The fraction of sp³-hybridized carbons (Fsp3) is 0.0169. The Balaban J connectivity index is 1.05. The average Bonchev–Trinajstić information content (AvgIpc) is 3.85. The van der Waals surface area contributed by atoms with Crippen LogP contribution in [-0.4, -0.2) is 8.75 Å². The number of fused-ring (bicyclic) bond motifs is 1. The van der Waals surface area contributed by atoms with E-state index < -0.39 is 0 Å². The lowest BCUT2D eigenvalue weighted by Crippen LogP contribution is -1.98. The van der Waals surface area contributed by atoms with Crippen LogP contribution in [0.2, 0.25) is 0 Å². The lowest BCUT2D eigenvalue weighted by Gasteiger charge is -2.19. The van der Waals surface area contributed by atoms with Crippen molar-refractivity contribution in [2.45, 2.75) is 6.92 Å². The van der Waals surface area contributed by atoms with Gasteiger partial charge in [-0.05, 0) is 84.9 Å². The molecule has 0 amide bonds. The normalized spacial score (nSPS) is 11.6. The van der Waals surface area contributed by atoms with Crippen molar-refractivity contribution in [3.8, 4) is 22.3 Å². The van der Waals surface area contributed by atoms with Gasteiger partial charge in [0, 0.05) is 11.1 Å². The number of rotatable bonds is 10. The third-order valence-corrected chi connectivity index (χ3v) is 12.1. The minimum Gasteiger partial charge on any atom is -0.172 e. The first-order valence-electron chi connectivity index (χ1n) is 21.0. The topological polar surface area (TPSA) is 25.8 Å². The molecule has 0 aliphatic heterocycles. The Hall–Kier alpha value is -7.72. The van der Waals surface area contributed by atoms with E-state index in [4.69, 9.17) is 8.75 Å². The van der Waals surface area contributed by atoms with Gasteiger partial charge in [0.2, 0.25) is 0 Å². The van der Waals surface area contributed by atoms with Crippen molar-refractivity contribution in [3.63, 3.8) is 0 Å². The van der Waals surface area contributed by atoms with Crippen LogP contribution in [-0.2, 0) is 0 Å². The van der Waals surface area contributed by atoms with E-state index in [9.17, 15) is 0 Å². The average molecular weight is 811 g/mol. The van der Waals surface area contributed by atoms with E-state index in [1.54, 1.807) is 0 Å². The highest BCUT2D eigenvalue weighted by atomic mass is 32.1. The second-order valence-electron chi connectivity index (χ2n) is 15.5. The maximum atomic E-state index is 4.89. The summed E-state index contributed by atoms with van der Waals surface area (Å²) < 4.78 is 9.78.